The highest BCUT2D eigenvalue weighted by Gasteiger charge is 2.43. The Morgan fingerprint density at radius 2 is 2.12 bits per heavy atom. The van der Waals surface area contributed by atoms with Crippen molar-refractivity contribution in [1.29, 1.82) is 0 Å². The van der Waals surface area contributed by atoms with Crippen molar-refractivity contribution >= 4 is 22.3 Å². The summed E-state index contributed by atoms with van der Waals surface area (Å²) < 4.78 is 5.50. The van der Waals surface area contributed by atoms with E-state index in [1.807, 2.05) is 17.4 Å². The van der Waals surface area contributed by atoms with Crippen LogP contribution in [0.1, 0.15) is 47.4 Å². The van der Waals surface area contributed by atoms with Crippen LogP contribution in [0.4, 0.5) is 0 Å². The fourth-order valence-electron chi connectivity index (χ4n) is 4.58. The summed E-state index contributed by atoms with van der Waals surface area (Å²) in [6, 6.07) is 11.0. The van der Waals surface area contributed by atoms with Crippen LogP contribution >= 0.6 is 11.3 Å². The molecule has 0 saturated heterocycles. The fraction of sp³-hybridized carbons (Fsp3) is 0.409. The van der Waals surface area contributed by atoms with Crippen molar-refractivity contribution in [2.45, 2.75) is 45.2 Å². The summed E-state index contributed by atoms with van der Waals surface area (Å²) in [5.74, 6) is 0.816. The van der Waals surface area contributed by atoms with Crippen LogP contribution in [0.15, 0.2) is 44.9 Å². The zero-order valence-corrected chi connectivity index (χ0v) is 15.9. The molecule has 3 nitrogen and oxygen atoms in total. The molecule has 26 heavy (non-hydrogen) atoms. The lowest BCUT2D eigenvalue weighted by molar-refractivity contribution is -0.949. The molecule has 1 unspecified atom stereocenters. The number of benzene rings is 1. The van der Waals surface area contributed by atoms with E-state index in [0.29, 0.717) is 6.04 Å². The van der Waals surface area contributed by atoms with Crippen molar-refractivity contribution in [3.05, 3.63) is 67.7 Å². The summed E-state index contributed by atoms with van der Waals surface area (Å²) in [7, 11) is 0. The SMILES string of the molecule is CCc1ccc2c(C[NH+]3CCc4sccc4[C@H]3C3CC3)cc(=O)oc2c1. The molecule has 0 bridgehead atoms. The van der Waals surface area contributed by atoms with Crippen LogP contribution in [0.5, 0.6) is 0 Å². The first-order valence-electron chi connectivity index (χ1n) is 9.69. The molecule has 1 aliphatic carbocycles. The first-order valence-corrected chi connectivity index (χ1v) is 10.6. The zero-order valence-electron chi connectivity index (χ0n) is 15.1. The molecule has 3 heterocycles. The van der Waals surface area contributed by atoms with Gasteiger partial charge in [-0.1, -0.05) is 19.1 Å². The summed E-state index contributed by atoms with van der Waals surface area (Å²) in [6.07, 6.45) is 4.80. The minimum absolute atomic E-state index is 0.226. The number of rotatable bonds is 4. The monoisotopic (exact) mass is 366 g/mol. The number of hydrogen-bond donors (Lipinski definition) is 1. The minimum atomic E-state index is -0.226. The normalized spacial score (nSPS) is 22.5. The smallest absolute Gasteiger partial charge is 0.336 e. The second-order valence-corrected chi connectivity index (χ2v) is 8.72. The number of aryl methyl sites for hydroxylation is 1. The van der Waals surface area contributed by atoms with Crippen molar-refractivity contribution in [2.24, 2.45) is 5.92 Å². The van der Waals surface area contributed by atoms with Gasteiger partial charge in [0.05, 0.1) is 6.54 Å². The fourth-order valence-corrected chi connectivity index (χ4v) is 5.51. The van der Waals surface area contributed by atoms with Gasteiger partial charge in [-0.25, -0.2) is 4.79 Å². The average Bonchev–Trinajstić information content (AvgIpc) is 3.36. The molecule has 1 saturated carbocycles. The van der Waals surface area contributed by atoms with E-state index in [0.717, 1.165) is 48.4 Å². The van der Waals surface area contributed by atoms with E-state index in [2.05, 4.69) is 30.5 Å². The Hall–Kier alpha value is -1.91. The average molecular weight is 367 g/mol. The van der Waals surface area contributed by atoms with Gasteiger partial charge in [-0.3, -0.25) is 0 Å². The Kier molecular flexibility index (Phi) is 3.98. The second kappa shape index (κ2) is 6.36. The third-order valence-electron chi connectivity index (χ3n) is 6.04. The molecule has 5 rings (SSSR count). The van der Waals surface area contributed by atoms with Gasteiger partial charge in [0.1, 0.15) is 18.2 Å². The predicted molar refractivity (Wildman–Crippen MR) is 105 cm³/mol. The van der Waals surface area contributed by atoms with Gasteiger partial charge in [-0.15, -0.1) is 11.3 Å². The molecule has 1 fully saturated rings. The predicted octanol–water partition coefficient (Wildman–Crippen LogP) is 3.51. The molecule has 0 spiro atoms. The zero-order chi connectivity index (χ0) is 17.7. The molecular formula is C22H24NO2S+. The maximum absolute atomic E-state index is 12.2. The Morgan fingerprint density at radius 3 is 2.92 bits per heavy atom. The van der Waals surface area contributed by atoms with Crippen LogP contribution in [0.25, 0.3) is 11.0 Å². The number of fused-ring (bicyclic) bond motifs is 2. The lowest BCUT2D eigenvalue weighted by atomic mass is 9.95. The van der Waals surface area contributed by atoms with Gasteiger partial charge < -0.3 is 9.32 Å². The van der Waals surface area contributed by atoms with Gasteiger partial charge in [0, 0.05) is 39.8 Å². The highest BCUT2D eigenvalue weighted by molar-refractivity contribution is 7.10. The number of nitrogens with one attached hydrogen (secondary N) is 1. The molecule has 1 aliphatic heterocycles. The van der Waals surface area contributed by atoms with E-state index in [1.165, 1.54) is 18.4 Å². The summed E-state index contributed by atoms with van der Waals surface area (Å²) in [5, 5.41) is 3.35. The summed E-state index contributed by atoms with van der Waals surface area (Å²) >= 11 is 1.91. The molecule has 134 valence electrons. The molecule has 4 heteroatoms. The summed E-state index contributed by atoms with van der Waals surface area (Å²) in [4.78, 5) is 15.4. The summed E-state index contributed by atoms with van der Waals surface area (Å²) in [6.45, 7) is 4.19. The van der Waals surface area contributed by atoms with Crippen molar-refractivity contribution in [2.75, 3.05) is 6.54 Å². The van der Waals surface area contributed by atoms with Gasteiger partial charge in [-0.05, 0) is 42.3 Å². The van der Waals surface area contributed by atoms with E-state index in [1.54, 1.807) is 21.4 Å². The lowest BCUT2D eigenvalue weighted by Gasteiger charge is -2.33. The van der Waals surface area contributed by atoms with Gasteiger partial charge in [0.15, 0.2) is 0 Å². The number of quaternary nitrogens is 1. The lowest BCUT2D eigenvalue weighted by Crippen LogP contribution is -3.12. The second-order valence-electron chi connectivity index (χ2n) is 7.72. The highest BCUT2D eigenvalue weighted by Crippen LogP contribution is 2.42. The van der Waals surface area contributed by atoms with Crippen molar-refractivity contribution in [1.82, 2.24) is 0 Å². The van der Waals surface area contributed by atoms with Crippen LogP contribution in [-0.2, 0) is 19.4 Å². The van der Waals surface area contributed by atoms with Gasteiger partial charge in [-0.2, -0.15) is 0 Å². The topological polar surface area (TPSA) is 34.7 Å². The van der Waals surface area contributed by atoms with Gasteiger partial charge >= 0.3 is 5.63 Å². The van der Waals surface area contributed by atoms with Crippen molar-refractivity contribution in [3.8, 4) is 0 Å². The molecule has 1 aromatic carbocycles. The Balaban J connectivity index is 1.54. The van der Waals surface area contributed by atoms with Crippen molar-refractivity contribution < 1.29 is 9.32 Å². The van der Waals surface area contributed by atoms with Gasteiger partial charge in [0.2, 0.25) is 0 Å². The van der Waals surface area contributed by atoms with Crippen LogP contribution in [0, 0.1) is 5.92 Å². The molecule has 2 atom stereocenters. The molecular weight excluding hydrogens is 342 g/mol. The van der Waals surface area contributed by atoms with E-state index < -0.39 is 0 Å². The maximum atomic E-state index is 12.2. The molecule has 1 N–H and O–H groups in total. The van der Waals surface area contributed by atoms with E-state index in [-0.39, 0.29) is 5.63 Å². The molecule has 0 amide bonds. The van der Waals surface area contributed by atoms with E-state index >= 15 is 0 Å². The van der Waals surface area contributed by atoms with Crippen LogP contribution in [0.3, 0.4) is 0 Å². The highest BCUT2D eigenvalue weighted by atomic mass is 32.1. The van der Waals surface area contributed by atoms with Crippen LogP contribution < -0.4 is 10.5 Å². The number of hydrogen-bond acceptors (Lipinski definition) is 3. The minimum Gasteiger partial charge on any atom is -0.423 e. The maximum Gasteiger partial charge on any atom is 0.336 e. The standard InChI is InChI=1S/C22H23NO2S/c1-2-14-3-6-17-16(12-21(24)25-19(17)11-14)13-23-9-7-20-18(8-10-26-20)22(23)15-4-5-15/h3,6,8,10-12,15,22H,2,4-5,7,9,13H2,1H3/p+1/t22-/m1/s1. The molecule has 3 aromatic rings. The Bertz CT molecular complexity index is 1010. The van der Waals surface area contributed by atoms with Crippen LogP contribution in [0.2, 0.25) is 0 Å². The number of thiophene rings is 1. The molecule has 2 aromatic heterocycles. The molecule has 0 radical (unpaired) electrons. The third kappa shape index (κ3) is 2.81. The quantitative estimate of drug-likeness (QED) is 0.717. The Labute approximate surface area is 157 Å². The molecule has 2 aliphatic rings. The van der Waals surface area contributed by atoms with Crippen molar-refractivity contribution in [3.63, 3.8) is 0 Å². The largest absolute Gasteiger partial charge is 0.423 e. The van der Waals surface area contributed by atoms with E-state index in [9.17, 15) is 4.79 Å². The first-order chi connectivity index (χ1) is 12.7. The Morgan fingerprint density at radius 1 is 1.23 bits per heavy atom. The summed E-state index contributed by atoms with van der Waals surface area (Å²) in [5.41, 5.74) is 4.43. The first kappa shape index (κ1) is 16.3. The van der Waals surface area contributed by atoms with E-state index in [4.69, 9.17) is 4.42 Å². The third-order valence-corrected chi connectivity index (χ3v) is 7.04. The van der Waals surface area contributed by atoms with Crippen LogP contribution in [-0.4, -0.2) is 6.54 Å². The van der Waals surface area contributed by atoms with Gasteiger partial charge in [0.25, 0.3) is 0 Å².